The van der Waals surface area contributed by atoms with Crippen LogP contribution in [-0.4, -0.2) is 27.1 Å². The first-order valence-electron chi connectivity index (χ1n) is 8.78. The average Bonchev–Trinajstić information content (AvgIpc) is 2.73. The monoisotopic (exact) mass is 489 g/mol. The molecule has 0 unspecified atom stereocenters. The highest BCUT2D eigenvalue weighted by atomic mass is 79.9. The molecule has 0 spiro atoms. The van der Waals surface area contributed by atoms with E-state index in [1.807, 2.05) is 6.07 Å². The van der Waals surface area contributed by atoms with Gasteiger partial charge in [0.1, 0.15) is 12.4 Å². The zero-order valence-corrected chi connectivity index (χ0v) is 18.0. The maximum Gasteiger partial charge on any atom is 0.264 e. The van der Waals surface area contributed by atoms with E-state index in [2.05, 4.69) is 26.5 Å². The van der Waals surface area contributed by atoms with Gasteiger partial charge in [-0.05, 0) is 42.0 Å². The van der Waals surface area contributed by atoms with Crippen molar-refractivity contribution in [2.45, 2.75) is 4.90 Å². The number of carbonyl (C=O) groups excluding carboxylic acids is 1. The van der Waals surface area contributed by atoms with Gasteiger partial charge in [-0.2, -0.15) is 5.10 Å². The fraction of sp³-hybridized carbons (Fsp3) is 0.0476. The van der Waals surface area contributed by atoms with Crippen LogP contribution >= 0.6 is 15.9 Å². The summed E-state index contributed by atoms with van der Waals surface area (Å²) in [4.78, 5) is 12.4. The van der Waals surface area contributed by atoms with Crippen LogP contribution in [0.3, 0.4) is 0 Å². The molecule has 0 atom stereocenters. The third-order valence-corrected chi connectivity index (χ3v) is 6.26. The topological polar surface area (TPSA) is 78.8 Å². The SMILES string of the molecule is O=C(CN(c1ccccc1F)S(=O)(=O)c1ccccc1)N/N=C\c1cccc(Br)c1. The average molecular weight is 490 g/mol. The molecular weight excluding hydrogens is 473 g/mol. The van der Waals surface area contributed by atoms with Crippen molar-refractivity contribution < 1.29 is 17.6 Å². The Morgan fingerprint density at radius 1 is 1.03 bits per heavy atom. The molecule has 3 aromatic rings. The summed E-state index contributed by atoms with van der Waals surface area (Å²) in [5.41, 5.74) is 2.78. The van der Waals surface area contributed by atoms with Crippen molar-refractivity contribution in [1.82, 2.24) is 5.43 Å². The molecule has 0 bridgehead atoms. The number of carbonyl (C=O) groups is 1. The van der Waals surface area contributed by atoms with Crippen LogP contribution in [0.4, 0.5) is 10.1 Å². The van der Waals surface area contributed by atoms with E-state index in [-0.39, 0.29) is 10.6 Å². The van der Waals surface area contributed by atoms with Crippen molar-refractivity contribution in [3.05, 3.63) is 94.7 Å². The predicted octanol–water partition coefficient (Wildman–Crippen LogP) is 3.93. The molecule has 0 saturated heterocycles. The number of hydrazone groups is 1. The zero-order chi connectivity index (χ0) is 21.6. The Labute approximate surface area is 182 Å². The summed E-state index contributed by atoms with van der Waals surface area (Å²) in [7, 11) is -4.18. The van der Waals surface area contributed by atoms with Gasteiger partial charge in [0, 0.05) is 4.47 Å². The highest BCUT2D eigenvalue weighted by Gasteiger charge is 2.28. The number of nitrogens with zero attached hydrogens (tertiary/aromatic N) is 2. The summed E-state index contributed by atoms with van der Waals surface area (Å²) in [6, 6.07) is 20.1. The fourth-order valence-electron chi connectivity index (χ4n) is 2.60. The molecule has 1 amide bonds. The van der Waals surface area contributed by atoms with Crippen molar-refractivity contribution in [2.24, 2.45) is 5.10 Å². The van der Waals surface area contributed by atoms with Crippen molar-refractivity contribution in [3.63, 3.8) is 0 Å². The maximum atomic E-state index is 14.4. The Kier molecular flexibility index (Phi) is 6.96. The first kappa shape index (κ1) is 21.7. The van der Waals surface area contributed by atoms with Gasteiger partial charge in [-0.1, -0.05) is 58.4 Å². The number of amides is 1. The molecule has 0 heterocycles. The number of nitrogens with one attached hydrogen (secondary N) is 1. The van der Waals surface area contributed by atoms with Gasteiger partial charge in [0.2, 0.25) is 0 Å². The first-order chi connectivity index (χ1) is 14.4. The molecule has 0 aliphatic carbocycles. The summed E-state index contributed by atoms with van der Waals surface area (Å²) >= 11 is 3.33. The molecule has 6 nitrogen and oxygen atoms in total. The van der Waals surface area contributed by atoms with Crippen molar-refractivity contribution in [2.75, 3.05) is 10.8 Å². The Morgan fingerprint density at radius 2 is 1.73 bits per heavy atom. The third kappa shape index (κ3) is 5.31. The Balaban J connectivity index is 1.84. The van der Waals surface area contributed by atoms with E-state index in [4.69, 9.17) is 0 Å². The lowest BCUT2D eigenvalue weighted by molar-refractivity contribution is -0.119. The van der Waals surface area contributed by atoms with Crippen LogP contribution in [0.25, 0.3) is 0 Å². The highest BCUT2D eigenvalue weighted by molar-refractivity contribution is 9.10. The summed E-state index contributed by atoms with van der Waals surface area (Å²) < 4.78 is 42.1. The lowest BCUT2D eigenvalue weighted by Gasteiger charge is -2.24. The minimum Gasteiger partial charge on any atom is -0.271 e. The fourth-order valence-corrected chi connectivity index (χ4v) is 4.47. The number of rotatable bonds is 7. The number of hydrogen-bond donors (Lipinski definition) is 1. The summed E-state index contributed by atoms with van der Waals surface area (Å²) in [6.07, 6.45) is 1.42. The van der Waals surface area contributed by atoms with Gasteiger partial charge >= 0.3 is 0 Å². The number of anilines is 1. The summed E-state index contributed by atoms with van der Waals surface area (Å²) in [5, 5.41) is 3.85. The number of sulfonamides is 1. The van der Waals surface area contributed by atoms with Crippen LogP contribution < -0.4 is 9.73 Å². The predicted molar refractivity (Wildman–Crippen MR) is 117 cm³/mol. The number of para-hydroxylation sites is 1. The molecule has 3 rings (SSSR count). The van der Waals surface area contributed by atoms with E-state index in [0.29, 0.717) is 0 Å². The molecule has 0 aliphatic heterocycles. The van der Waals surface area contributed by atoms with Gasteiger partial charge in [0.25, 0.3) is 15.9 Å². The van der Waals surface area contributed by atoms with Crippen molar-refractivity contribution in [1.29, 1.82) is 0 Å². The smallest absolute Gasteiger partial charge is 0.264 e. The minimum absolute atomic E-state index is 0.0568. The second-order valence-corrected chi connectivity index (χ2v) is 8.90. The quantitative estimate of drug-likeness (QED) is 0.403. The van der Waals surface area contributed by atoms with Gasteiger partial charge in [-0.15, -0.1) is 0 Å². The molecule has 0 fully saturated rings. The molecule has 0 aliphatic rings. The van der Waals surface area contributed by atoms with Crippen molar-refractivity contribution in [3.8, 4) is 0 Å². The Hall–Kier alpha value is -3.04. The zero-order valence-electron chi connectivity index (χ0n) is 15.6. The molecular formula is C21H17BrFN3O3S. The van der Waals surface area contributed by atoms with Crippen LogP contribution in [0, 0.1) is 5.82 Å². The summed E-state index contributed by atoms with van der Waals surface area (Å²) in [5.74, 6) is -1.48. The van der Waals surface area contributed by atoms with Gasteiger partial charge in [0.15, 0.2) is 0 Å². The molecule has 1 N–H and O–H groups in total. The molecule has 30 heavy (non-hydrogen) atoms. The summed E-state index contributed by atoms with van der Waals surface area (Å²) in [6.45, 7) is -0.645. The third-order valence-electron chi connectivity index (χ3n) is 3.99. The normalized spacial score (nSPS) is 11.4. The Bertz CT molecular complexity index is 1170. The molecule has 0 aromatic heterocycles. The standard InChI is InChI=1S/C21H17BrFN3O3S/c22-17-8-6-7-16(13-17)14-24-25-21(27)15-26(20-12-5-4-11-19(20)23)30(28,29)18-9-2-1-3-10-18/h1-14H,15H2,(H,25,27)/b24-14-. The van der Waals surface area contributed by atoms with Crippen molar-refractivity contribution >= 4 is 43.8 Å². The lowest BCUT2D eigenvalue weighted by Crippen LogP contribution is -2.40. The largest absolute Gasteiger partial charge is 0.271 e. The van der Waals surface area contributed by atoms with E-state index < -0.39 is 28.3 Å². The maximum absolute atomic E-state index is 14.4. The molecule has 0 radical (unpaired) electrons. The first-order valence-corrected chi connectivity index (χ1v) is 11.0. The number of halogens is 2. The molecule has 9 heteroatoms. The van der Waals surface area contributed by atoms with E-state index in [1.165, 1.54) is 36.5 Å². The molecule has 154 valence electrons. The van der Waals surface area contributed by atoms with Crippen LogP contribution in [0.1, 0.15) is 5.56 Å². The van der Waals surface area contributed by atoms with E-state index in [9.17, 15) is 17.6 Å². The van der Waals surface area contributed by atoms with Gasteiger partial charge in [-0.25, -0.2) is 18.2 Å². The molecule has 0 saturated carbocycles. The van der Waals surface area contributed by atoms with Gasteiger partial charge in [-0.3, -0.25) is 9.10 Å². The Morgan fingerprint density at radius 3 is 2.43 bits per heavy atom. The van der Waals surface area contributed by atoms with Crippen LogP contribution in [0.5, 0.6) is 0 Å². The lowest BCUT2D eigenvalue weighted by atomic mass is 10.2. The second-order valence-electron chi connectivity index (χ2n) is 6.12. The number of benzene rings is 3. The van der Waals surface area contributed by atoms with Crippen LogP contribution in [0.15, 0.2) is 93.3 Å². The molecule has 3 aromatic carbocycles. The van der Waals surface area contributed by atoms with E-state index in [0.717, 1.165) is 20.4 Å². The highest BCUT2D eigenvalue weighted by Crippen LogP contribution is 2.25. The van der Waals surface area contributed by atoms with Crippen LogP contribution in [0.2, 0.25) is 0 Å². The van der Waals surface area contributed by atoms with Crippen LogP contribution in [-0.2, 0) is 14.8 Å². The second kappa shape index (κ2) is 9.64. The van der Waals surface area contributed by atoms with E-state index in [1.54, 1.807) is 36.4 Å². The number of hydrogen-bond acceptors (Lipinski definition) is 4. The van der Waals surface area contributed by atoms with Gasteiger partial charge in [0.05, 0.1) is 16.8 Å². The van der Waals surface area contributed by atoms with Gasteiger partial charge < -0.3 is 0 Å². The minimum atomic E-state index is -4.18. The van der Waals surface area contributed by atoms with E-state index >= 15 is 0 Å².